The van der Waals surface area contributed by atoms with Crippen molar-refractivity contribution < 1.29 is 9.53 Å². The molecular formula is C13H12N2O2. The van der Waals surface area contributed by atoms with Crippen LogP contribution in [0.15, 0.2) is 42.6 Å². The second kappa shape index (κ2) is 5.21. The zero-order valence-electron chi connectivity index (χ0n) is 9.46. The minimum absolute atomic E-state index is 0.278. The number of aromatic nitrogens is 2. The fourth-order valence-electron chi connectivity index (χ4n) is 1.40. The largest absolute Gasteiger partial charge is 0.461 e. The number of rotatable bonds is 3. The number of carbonyl (C=O) groups excluding carboxylic acids is 1. The van der Waals surface area contributed by atoms with Gasteiger partial charge in [-0.25, -0.2) is 14.8 Å². The first-order chi connectivity index (χ1) is 8.31. The lowest BCUT2D eigenvalue weighted by atomic mass is 10.2. The Morgan fingerprint density at radius 3 is 2.71 bits per heavy atom. The van der Waals surface area contributed by atoms with Crippen molar-refractivity contribution in [2.45, 2.75) is 6.92 Å². The van der Waals surface area contributed by atoms with Crippen LogP contribution in [0, 0.1) is 0 Å². The summed E-state index contributed by atoms with van der Waals surface area (Å²) < 4.78 is 4.89. The molecule has 4 nitrogen and oxygen atoms in total. The van der Waals surface area contributed by atoms with Gasteiger partial charge in [0.1, 0.15) is 0 Å². The van der Waals surface area contributed by atoms with E-state index in [1.807, 2.05) is 30.3 Å². The third-order valence-corrected chi connectivity index (χ3v) is 2.17. The van der Waals surface area contributed by atoms with Gasteiger partial charge < -0.3 is 4.74 Å². The molecule has 4 heteroatoms. The SMILES string of the molecule is CCOC(=O)c1ccnc(-c2ccccc2)n1. The average molecular weight is 228 g/mol. The lowest BCUT2D eigenvalue weighted by molar-refractivity contribution is 0.0519. The minimum Gasteiger partial charge on any atom is -0.461 e. The van der Waals surface area contributed by atoms with Crippen LogP contribution in [0.3, 0.4) is 0 Å². The Balaban J connectivity index is 2.32. The molecule has 0 unspecified atom stereocenters. The number of ether oxygens (including phenoxy) is 1. The Hall–Kier alpha value is -2.23. The molecule has 0 amide bonds. The van der Waals surface area contributed by atoms with Crippen LogP contribution in [-0.2, 0) is 4.74 Å². The van der Waals surface area contributed by atoms with Crippen molar-refractivity contribution in [2.75, 3.05) is 6.61 Å². The maximum atomic E-state index is 11.5. The van der Waals surface area contributed by atoms with Gasteiger partial charge in [0.2, 0.25) is 0 Å². The number of hydrogen-bond acceptors (Lipinski definition) is 4. The van der Waals surface area contributed by atoms with Crippen LogP contribution in [0.25, 0.3) is 11.4 Å². The van der Waals surface area contributed by atoms with Gasteiger partial charge in [0.05, 0.1) is 6.61 Å². The summed E-state index contributed by atoms with van der Waals surface area (Å²) in [6, 6.07) is 11.0. The van der Waals surface area contributed by atoms with Crippen molar-refractivity contribution in [3.8, 4) is 11.4 Å². The van der Waals surface area contributed by atoms with Gasteiger partial charge in [-0.3, -0.25) is 0 Å². The molecule has 0 spiro atoms. The minimum atomic E-state index is -0.424. The number of benzene rings is 1. The molecule has 0 aliphatic rings. The molecule has 0 saturated heterocycles. The number of carbonyl (C=O) groups is 1. The fraction of sp³-hybridized carbons (Fsp3) is 0.154. The van der Waals surface area contributed by atoms with E-state index in [0.29, 0.717) is 12.4 Å². The van der Waals surface area contributed by atoms with Crippen molar-refractivity contribution in [2.24, 2.45) is 0 Å². The molecule has 0 N–H and O–H groups in total. The maximum Gasteiger partial charge on any atom is 0.357 e. The molecule has 1 aromatic carbocycles. The summed E-state index contributed by atoms with van der Waals surface area (Å²) in [5.74, 6) is 0.100. The second-order valence-corrected chi connectivity index (χ2v) is 3.35. The zero-order valence-corrected chi connectivity index (χ0v) is 9.46. The van der Waals surface area contributed by atoms with E-state index >= 15 is 0 Å². The Morgan fingerprint density at radius 1 is 1.24 bits per heavy atom. The summed E-state index contributed by atoms with van der Waals surface area (Å²) in [6.07, 6.45) is 1.56. The lowest BCUT2D eigenvalue weighted by Crippen LogP contribution is -2.08. The molecule has 2 rings (SSSR count). The topological polar surface area (TPSA) is 52.1 Å². The van der Waals surface area contributed by atoms with Crippen LogP contribution in [0.1, 0.15) is 17.4 Å². The van der Waals surface area contributed by atoms with Crippen LogP contribution in [0.4, 0.5) is 0 Å². The molecular weight excluding hydrogens is 216 g/mol. The van der Waals surface area contributed by atoms with Crippen molar-refractivity contribution in [3.05, 3.63) is 48.3 Å². The van der Waals surface area contributed by atoms with E-state index < -0.39 is 5.97 Å². The summed E-state index contributed by atoms with van der Waals surface area (Å²) in [5.41, 5.74) is 1.15. The standard InChI is InChI=1S/C13H12N2O2/c1-2-17-13(16)11-8-9-14-12(15-11)10-6-4-3-5-7-10/h3-9H,2H2,1H3. The number of hydrogen-bond donors (Lipinski definition) is 0. The first kappa shape index (κ1) is 11.3. The van der Waals surface area contributed by atoms with E-state index in [-0.39, 0.29) is 5.69 Å². The molecule has 1 heterocycles. The molecule has 0 fully saturated rings. The van der Waals surface area contributed by atoms with E-state index in [4.69, 9.17) is 4.74 Å². The molecule has 0 aliphatic carbocycles. The van der Waals surface area contributed by atoms with Crippen LogP contribution >= 0.6 is 0 Å². The zero-order chi connectivity index (χ0) is 12.1. The molecule has 1 aromatic heterocycles. The van der Waals surface area contributed by atoms with Crippen molar-refractivity contribution in [3.63, 3.8) is 0 Å². The van der Waals surface area contributed by atoms with E-state index in [1.54, 1.807) is 19.2 Å². The third kappa shape index (κ3) is 2.66. The van der Waals surface area contributed by atoms with Gasteiger partial charge in [-0.15, -0.1) is 0 Å². The highest BCUT2D eigenvalue weighted by molar-refractivity contribution is 5.87. The summed E-state index contributed by atoms with van der Waals surface area (Å²) >= 11 is 0. The quantitative estimate of drug-likeness (QED) is 0.756. The molecule has 0 bridgehead atoms. The van der Waals surface area contributed by atoms with Crippen LogP contribution in [-0.4, -0.2) is 22.5 Å². The normalized spacial score (nSPS) is 9.94. The molecule has 0 radical (unpaired) electrons. The molecule has 0 saturated carbocycles. The van der Waals surface area contributed by atoms with Crippen molar-refractivity contribution in [1.82, 2.24) is 9.97 Å². The van der Waals surface area contributed by atoms with E-state index in [2.05, 4.69) is 9.97 Å². The van der Waals surface area contributed by atoms with Gasteiger partial charge in [0.25, 0.3) is 0 Å². The Labute approximate surface area is 99.3 Å². The Kier molecular flexibility index (Phi) is 3.45. The van der Waals surface area contributed by atoms with Gasteiger partial charge in [-0.2, -0.15) is 0 Å². The molecule has 0 atom stereocenters. The Bertz CT molecular complexity index is 512. The van der Waals surface area contributed by atoms with Gasteiger partial charge >= 0.3 is 5.97 Å². The van der Waals surface area contributed by atoms with E-state index in [9.17, 15) is 4.79 Å². The highest BCUT2D eigenvalue weighted by Gasteiger charge is 2.09. The summed E-state index contributed by atoms with van der Waals surface area (Å²) in [6.45, 7) is 2.10. The first-order valence-electron chi connectivity index (χ1n) is 5.37. The number of esters is 1. The second-order valence-electron chi connectivity index (χ2n) is 3.35. The van der Waals surface area contributed by atoms with Crippen LogP contribution in [0.5, 0.6) is 0 Å². The van der Waals surface area contributed by atoms with Crippen LogP contribution in [0.2, 0.25) is 0 Å². The molecule has 2 aromatic rings. The van der Waals surface area contributed by atoms with E-state index in [1.165, 1.54) is 0 Å². The third-order valence-electron chi connectivity index (χ3n) is 2.17. The van der Waals surface area contributed by atoms with Crippen LogP contribution < -0.4 is 0 Å². The summed E-state index contributed by atoms with van der Waals surface area (Å²) in [5, 5.41) is 0. The van der Waals surface area contributed by atoms with Gasteiger partial charge in [-0.05, 0) is 13.0 Å². The van der Waals surface area contributed by atoms with E-state index in [0.717, 1.165) is 5.56 Å². The summed E-state index contributed by atoms with van der Waals surface area (Å²) in [4.78, 5) is 19.8. The highest BCUT2D eigenvalue weighted by Crippen LogP contribution is 2.13. The van der Waals surface area contributed by atoms with Crippen molar-refractivity contribution >= 4 is 5.97 Å². The maximum absolute atomic E-state index is 11.5. The predicted octanol–water partition coefficient (Wildman–Crippen LogP) is 2.32. The summed E-state index contributed by atoms with van der Waals surface area (Å²) in [7, 11) is 0. The number of nitrogens with zero attached hydrogens (tertiary/aromatic N) is 2. The molecule has 0 aliphatic heterocycles. The van der Waals surface area contributed by atoms with Gasteiger partial charge in [-0.1, -0.05) is 30.3 Å². The average Bonchev–Trinajstić information content (AvgIpc) is 2.40. The highest BCUT2D eigenvalue weighted by atomic mass is 16.5. The van der Waals surface area contributed by atoms with Crippen molar-refractivity contribution in [1.29, 1.82) is 0 Å². The predicted molar refractivity (Wildman–Crippen MR) is 63.4 cm³/mol. The Morgan fingerprint density at radius 2 is 2.00 bits per heavy atom. The fourth-order valence-corrected chi connectivity index (χ4v) is 1.40. The lowest BCUT2D eigenvalue weighted by Gasteiger charge is -2.03. The molecule has 86 valence electrons. The first-order valence-corrected chi connectivity index (χ1v) is 5.37. The smallest absolute Gasteiger partial charge is 0.357 e. The van der Waals surface area contributed by atoms with Gasteiger partial charge in [0, 0.05) is 11.8 Å². The monoisotopic (exact) mass is 228 g/mol. The molecule has 17 heavy (non-hydrogen) atoms. The van der Waals surface area contributed by atoms with Gasteiger partial charge in [0.15, 0.2) is 11.5 Å².